The number of aryl methyl sites for hydroxylation is 2. The van der Waals surface area contributed by atoms with Gasteiger partial charge in [-0.2, -0.15) is 5.26 Å². The van der Waals surface area contributed by atoms with Crippen molar-refractivity contribution in [2.45, 2.75) is 25.4 Å². The fourth-order valence-electron chi connectivity index (χ4n) is 1.85. The number of benzene rings is 1. The van der Waals surface area contributed by atoms with Gasteiger partial charge in [-0.05, 0) is 38.5 Å². The number of hydrogen-bond acceptors (Lipinski definition) is 5. The van der Waals surface area contributed by atoms with Crippen LogP contribution in [-0.4, -0.2) is 22.3 Å². The normalized spacial score (nSPS) is 10.1. The Hall–Kier alpha value is -2.06. The predicted octanol–water partition coefficient (Wildman–Crippen LogP) is 3.53. The summed E-state index contributed by atoms with van der Waals surface area (Å²) in [6.07, 6.45) is 0.876. The molecule has 0 atom stereocenters. The summed E-state index contributed by atoms with van der Waals surface area (Å²) >= 11 is 1.63. The third-order valence-electron chi connectivity index (χ3n) is 2.75. The lowest BCUT2D eigenvalue weighted by Crippen LogP contribution is -2.01. The highest BCUT2D eigenvalue weighted by Crippen LogP contribution is 2.18. The van der Waals surface area contributed by atoms with Crippen LogP contribution < -0.4 is 4.74 Å². The lowest BCUT2D eigenvalue weighted by atomic mass is 10.2. The van der Waals surface area contributed by atoms with Gasteiger partial charge in [0.05, 0.1) is 12.2 Å². The van der Waals surface area contributed by atoms with Gasteiger partial charge in [-0.1, -0.05) is 23.9 Å². The number of para-hydroxylation sites is 1. The molecule has 0 bridgehead atoms. The Kier molecular flexibility index (Phi) is 5.59. The van der Waals surface area contributed by atoms with Crippen molar-refractivity contribution in [1.82, 2.24) is 9.97 Å². The van der Waals surface area contributed by atoms with E-state index in [1.807, 2.05) is 38.1 Å². The second kappa shape index (κ2) is 7.65. The van der Waals surface area contributed by atoms with Gasteiger partial charge in [0.15, 0.2) is 5.16 Å². The first kappa shape index (κ1) is 15.3. The van der Waals surface area contributed by atoms with Crippen LogP contribution in [0.15, 0.2) is 35.5 Å². The predicted molar refractivity (Wildman–Crippen MR) is 83.5 cm³/mol. The van der Waals surface area contributed by atoms with E-state index >= 15 is 0 Å². The summed E-state index contributed by atoms with van der Waals surface area (Å²) in [4.78, 5) is 8.77. The van der Waals surface area contributed by atoms with E-state index in [1.54, 1.807) is 17.8 Å². The Labute approximate surface area is 129 Å². The topological polar surface area (TPSA) is 58.8 Å². The lowest BCUT2D eigenvalue weighted by Gasteiger charge is -2.07. The maximum Gasteiger partial charge on any atom is 0.187 e. The zero-order valence-electron chi connectivity index (χ0n) is 12.2. The number of rotatable bonds is 6. The van der Waals surface area contributed by atoms with Crippen LogP contribution in [0.4, 0.5) is 0 Å². The SMILES string of the molecule is Cc1cc(C)nc(SCCCOc2ccccc2C#N)n1. The van der Waals surface area contributed by atoms with Gasteiger partial charge in [0.2, 0.25) is 0 Å². The van der Waals surface area contributed by atoms with Crippen LogP contribution in [0.25, 0.3) is 0 Å². The molecule has 108 valence electrons. The summed E-state index contributed by atoms with van der Waals surface area (Å²) in [7, 11) is 0. The van der Waals surface area contributed by atoms with Crippen LogP contribution >= 0.6 is 11.8 Å². The van der Waals surface area contributed by atoms with E-state index in [-0.39, 0.29) is 0 Å². The first-order chi connectivity index (χ1) is 10.2. The zero-order valence-corrected chi connectivity index (χ0v) is 13.0. The molecule has 21 heavy (non-hydrogen) atoms. The molecular weight excluding hydrogens is 282 g/mol. The van der Waals surface area contributed by atoms with E-state index in [0.29, 0.717) is 17.9 Å². The van der Waals surface area contributed by atoms with Gasteiger partial charge in [0.25, 0.3) is 0 Å². The molecule has 0 aliphatic carbocycles. The second-order valence-electron chi connectivity index (χ2n) is 4.59. The first-order valence-electron chi connectivity index (χ1n) is 6.76. The molecule has 2 aromatic rings. The molecule has 0 unspecified atom stereocenters. The molecule has 0 amide bonds. The number of aromatic nitrogens is 2. The fraction of sp³-hybridized carbons (Fsp3) is 0.312. The van der Waals surface area contributed by atoms with E-state index < -0.39 is 0 Å². The average molecular weight is 299 g/mol. The molecule has 0 aliphatic rings. The highest BCUT2D eigenvalue weighted by molar-refractivity contribution is 7.99. The molecule has 1 aromatic heterocycles. The van der Waals surface area contributed by atoms with Gasteiger partial charge in [-0.3, -0.25) is 0 Å². The number of nitriles is 1. The quantitative estimate of drug-likeness (QED) is 0.464. The Bertz CT molecular complexity index is 632. The van der Waals surface area contributed by atoms with Gasteiger partial charge in [-0.15, -0.1) is 0 Å². The van der Waals surface area contributed by atoms with E-state index in [2.05, 4.69) is 16.0 Å². The summed E-state index contributed by atoms with van der Waals surface area (Å²) in [5.74, 6) is 1.53. The van der Waals surface area contributed by atoms with Crippen LogP contribution in [0.2, 0.25) is 0 Å². The minimum absolute atomic E-state index is 0.572. The van der Waals surface area contributed by atoms with Crippen molar-refractivity contribution in [2.75, 3.05) is 12.4 Å². The molecule has 2 rings (SSSR count). The van der Waals surface area contributed by atoms with Crippen LogP contribution in [0.3, 0.4) is 0 Å². The number of hydrogen-bond donors (Lipinski definition) is 0. The summed E-state index contributed by atoms with van der Waals surface area (Å²) in [5.41, 5.74) is 2.55. The van der Waals surface area contributed by atoms with Gasteiger partial charge in [0, 0.05) is 17.1 Å². The molecule has 0 spiro atoms. The smallest absolute Gasteiger partial charge is 0.187 e. The fourth-order valence-corrected chi connectivity index (χ4v) is 2.71. The maximum atomic E-state index is 8.97. The third kappa shape index (κ3) is 4.76. The summed E-state index contributed by atoms with van der Waals surface area (Å²) in [6.45, 7) is 4.53. The van der Waals surface area contributed by atoms with Crippen molar-refractivity contribution in [3.63, 3.8) is 0 Å². The molecule has 5 heteroatoms. The van der Waals surface area contributed by atoms with Gasteiger partial charge in [0.1, 0.15) is 11.8 Å². The highest BCUT2D eigenvalue weighted by atomic mass is 32.2. The summed E-state index contributed by atoms with van der Waals surface area (Å²) in [6, 6.07) is 11.4. The van der Waals surface area contributed by atoms with Crippen molar-refractivity contribution in [3.05, 3.63) is 47.3 Å². The van der Waals surface area contributed by atoms with E-state index in [9.17, 15) is 0 Å². The molecule has 0 radical (unpaired) electrons. The van der Waals surface area contributed by atoms with E-state index in [1.165, 1.54) is 0 Å². The number of ether oxygens (including phenoxy) is 1. The molecule has 0 N–H and O–H groups in total. The van der Waals surface area contributed by atoms with Crippen LogP contribution in [0.1, 0.15) is 23.4 Å². The first-order valence-corrected chi connectivity index (χ1v) is 7.74. The molecule has 0 fully saturated rings. The average Bonchev–Trinajstić information content (AvgIpc) is 2.46. The monoisotopic (exact) mass is 299 g/mol. The molecule has 1 heterocycles. The van der Waals surface area contributed by atoms with Gasteiger partial charge >= 0.3 is 0 Å². The van der Waals surface area contributed by atoms with Crippen LogP contribution in [0.5, 0.6) is 5.75 Å². The zero-order chi connectivity index (χ0) is 15.1. The Morgan fingerprint density at radius 2 is 1.90 bits per heavy atom. The maximum absolute atomic E-state index is 8.97. The second-order valence-corrected chi connectivity index (χ2v) is 5.65. The summed E-state index contributed by atoms with van der Waals surface area (Å²) in [5, 5.41) is 9.78. The molecule has 0 aliphatic heterocycles. The molecule has 1 aromatic carbocycles. The molecule has 0 saturated heterocycles. The minimum atomic E-state index is 0.572. The van der Waals surface area contributed by atoms with E-state index in [4.69, 9.17) is 10.00 Å². The van der Waals surface area contributed by atoms with E-state index in [0.717, 1.165) is 28.7 Å². The standard InChI is InChI=1S/C16H17N3OS/c1-12-10-13(2)19-16(18-12)21-9-5-8-20-15-7-4-3-6-14(15)11-17/h3-4,6-7,10H,5,8-9H2,1-2H3. The molecule has 4 nitrogen and oxygen atoms in total. The van der Waals surface area contributed by atoms with Crippen LogP contribution in [-0.2, 0) is 0 Å². The summed E-state index contributed by atoms with van der Waals surface area (Å²) < 4.78 is 5.64. The van der Waals surface area contributed by atoms with Crippen molar-refractivity contribution >= 4 is 11.8 Å². The van der Waals surface area contributed by atoms with Gasteiger partial charge < -0.3 is 4.74 Å². The molecular formula is C16H17N3OS. The Morgan fingerprint density at radius 3 is 2.62 bits per heavy atom. The van der Waals surface area contributed by atoms with Crippen LogP contribution in [0, 0.1) is 25.2 Å². The number of nitrogens with zero attached hydrogens (tertiary/aromatic N) is 3. The van der Waals surface area contributed by atoms with Crippen molar-refractivity contribution in [2.24, 2.45) is 0 Å². The Morgan fingerprint density at radius 1 is 1.19 bits per heavy atom. The minimum Gasteiger partial charge on any atom is -0.492 e. The number of thioether (sulfide) groups is 1. The lowest BCUT2D eigenvalue weighted by molar-refractivity contribution is 0.318. The van der Waals surface area contributed by atoms with Crippen molar-refractivity contribution in [1.29, 1.82) is 5.26 Å². The van der Waals surface area contributed by atoms with Gasteiger partial charge in [-0.25, -0.2) is 9.97 Å². The largest absolute Gasteiger partial charge is 0.492 e. The third-order valence-corrected chi connectivity index (χ3v) is 3.68. The Balaban J connectivity index is 1.76. The van der Waals surface area contributed by atoms with Crippen molar-refractivity contribution in [3.8, 4) is 11.8 Å². The molecule has 0 saturated carbocycles. The highest BCUT2D eigenvalue weighted by Gasteiger charge is 2.03. The van der Waals surface area contributed by atoms with Crippen molar-refractivity contribution < 1.29 is 4.74 Å².